The third-order valence-corrected chi connectivity index (χ3v) is 5.89. The number of benzene rings is 1. The van der Waals surface area contributed by atoms with E-state index in [4.69, 9.17) is 0 Å². The molecule has 1 amide bonds. The Hall–Kier alpha value is -2.21. The number of thiazole rings is 1. The second kappa shape index (κ2) is 6.02. The van der Waals surface area contributed by atoms with Gasteiger partial charge in [0.15, 0.2) is 4.96 Å². The molecule has 0 N–H and O–H groups in total. The Morgan fingerprint density at radius 2 is 2.12 bits per heavy atom. The zero-order valence-corrected chi connectivity index (χ0v) is 14.4. The number of aromatic nitrogens is 2. The molecule has 1 aliphatic carbocycles. The van der Waals surface area contributed by atoms with Crippen LogP contribution < -0.4 is 0 Å². The van der Waals surface area contributed by atoms with Crippen molar-refractivity contribution in [3.8, 4) is 0 Å². The molecule has 4 rings (SSSR count). The molecule has 6 heteroatoms. The minimum absolute atomic E-state index is 0.0668. The molecule has 1 aromatic carbocycles. The van der Waals surface area contributed by atoms with Crippen molar-refractivity contribution in [1.82, 2.24) is 14.3 Å². The van der Waals surface area contributed by atoms with Gasteiger partial charge in [0, 0.05) is 24.8 Å². The van der Waals surface area contributed by atoms with Crippen molar-refractivity contribution in [2.45, 2.75) is 38.1 Å². The molecule has 0 unspecified atom stereocenters. The first-order valence-electron chi connectivity index (χ1n) is 8.31. The summed E-state index contributed by atoms with van der Waals surface area (Å²) in [7, 11) is 1.91. The quantitative estimate of drug-likeness (QED) is 0.682. The van der Waals surface area contributed by atoms with E-state index in [-0.39, 0.29) is 5.91 Å². The number of amides is 1. The second-order valence-corrected chi connectivity index (χ2v) is 7.44. The third-order valence-electron chi connectivity index (χ3n) is 4.92. The van der Waals surface area contributed by atoms with Crippen LogP contribution in [0.15, 0.2) is 24.4 Å². The number of nitrogens with zero attached hydrogens (tertiary/aromatic N) is 3. The van der Waals surface area contributed by atoms with Gasteiger partial charge in [-0.1, -0.05) is 30.6 Å². The Balaban J connectivity index is 1.69. The Kier molecular flexibility index (Phi) is 3.84. The smallest absolute Gasteiger partial charge is 0.265 e. The van der Waals surface area contributed by atoms with Gasteiger partial charge in [0.1, 0.15) is 11.2 Å². The summed E-state index contributed by atoms with van der Waals surface area (Å²) in [6, 6.07) is 5.76. The van der Waals surface area contributed by atoms with Gasteiger partial charge in [0.2, 0.25) is 0 Å². The summed E-state index contributed by atoms with van der Waals surface area (Å²) in [5, 5.41) is 0. The average Bonchev–Trinajstić information content (AvgIpc) is 3.18. The molecular weight excluding hydrogens is 322 g/mol. The first kappa shape index (κ1) is 15.3. The summed E-state index contributed by atoms with van der Waals surface area (Å²) < 4.78 is 1.91. The zero-order chi connectivity index (χ0) is 16.7. The Morgan fingerprint density at radius 3 is 2.88 bits per heavy atom. The summed E-state index contributed by atoms with van der Waals surface area (Å²) in [4.78, 5) is 31.7. The van der Waals surface area contributed by atoms with E-state index in [0.717, 1.165) is 35.1 Å². The summed E-state index contributed by atoms with van der Waals surface area (Å²) in [6.07, 6.45) is 8.55. The first-order chi connectivity index (χ1) is 11.7. The van der Waals surface area contributed by atoms with Gasteiger partial charge in [-0.3, -0.25) is 14.0 Å². The third kappa shape index (κ3) is 2.51. The van der Waals surface area contributed by atoms with Gasteiger partial charge in [0.25, 0.3) is 5.91 Å². The topological polar surface area (TPSA) is 54.7 Å². The largest absolute Gasteiger partial charge is 0.338 e. The lowest BCUT2D eigenvalue weighted by molar-refractivity contribution is 0.0700. The van der Waals surface area contributed by atoms with Crippen LogP contribution in [0.1, 0.15) is 52.1 Å². The number of fused-ring (bicyclic) bond motifs is 3. The van der Waals surface area contributed by atoms with Crippen LogP contribution in [-0.2, 0) is 0 Å². The maximum atomic E-state index is 12.8. The van der Waals surface area contributed by atoms with Gasteiger partial charge in [0.05, 0.1) is 11.0 Å². The standard InChI is InChI=1S/C18H19N3O2S/c1-20(13-5-3-2-4-6-13)17(23)16-10-21-15-9-12(11-22)7-8-14(15)19-18(21)24-16/h7-11,13H,2-6H2,1H3. The molecule has 2 aromatic heterocycles. The molecule has 0 spiro atoms. The highest BCUT2D eigenvalue weighted by atomic mass is 32.1. The molecule has 1 aliphatic rings. The Bertz CT molecular complexity index is 921. The van der Waals surface area contributed by atoms with Crippen molar-refractivity contribution >= 4 is 39.5 Å². The van der Waals surface area contributed by atoms with Crippen LogP contribution in [-0.4, -0.2) is 39.6 Å². The van der Waals surface area contributed by atoms with E-state index in [1.807, 2.05) is 34.7 Å². The molecule has 5 nitrogen and oxygen atoms in total. The fourth-order valence-electron chi connectivity index (χ4n) is 3.51. The van der Waals surface area contributed by atoms with E-state index < -0.39 is 0 Å². The van der Waals surface area contributed by atoms with Crippen LogP contribution in [0.2, 0.25) is 0 Å². The molecule has 0 bridgehead atoms. The highest BCUT2D eigenvalue weighted by molar-refractivity contribution is 7.18. The molecule has 2 heterocycles. The monoisotopic (exact) mass is 341 g/mol. The van der Waals surface area contributed by atoms with Crippen molar-refractivity contribution in [2.24, 2.45) is 0 Å². The molecule has 124 valence electrons. The molecule has 0 saturated heterocycles. The van der Waals surface area contributed by atoms with Gasteiger partial charge in [-0.15, -0.1) is 0 Å². The predicted molar refractivity (Wildman–Crippen MR) is 94.9 cm³/mol. The van der Waals surface area contributed by atoms with Gasteiger partial charge in [-0.2, -0.15) is 0 Å². The van der Waals surface area contributed by atoms with Crippen LogP contribution >= 0.6 is 11.3 Å². The minimum atomic E-state index is 0.0668. The van der Waals surface area contributed by atoms with Gasteiger partial charge in [-0.05, 0) is 31.0 Å². The molecule has 3 aromatic rings. The van der Waals surface area contributed by atoms with Gasteiger partial charge < -0.3 is 4.90 Å². The molecule has 1 saturated carbocycles. The van der Waals surface area contributed by atoms with Crippen molar-refractivity contribution in [1.29, 1.82) is 0 Å². The van der Waals surface area contributed by atoms with E-state index >= 15 is 0 Å². The summed E-state index contributed by atoms with van der Waals surface area (Å²) in [5.41, 5.74) is 2.32. The Labute approximate surface area is 143 Å². The fourth-order valence-corrected chi connectivity index (χ4v) is 4.49. The summed E-state index contributed by atoms with van der Waals surface area (Å²) in [5.74, 6) is 0.0668. The highest BCUT2D eigenvalue weighted by Crippen LogP contribution is 2.27. The number of carbonyl (C=O) groups excluding carboxylic acids is 2. The van der Waals surface area contributed by atoms with Crippen LogP contribution in [0, 0.1) is 0 Å². The van der Waals surface area contributed by atoms with Crippen LogP contribution in [0.3, 0.4) is 0 Å². The number of hydrogen-bond donors (Lipinski definition) is 0. The fraction of sp³-hybridized carbons (Fsp3) is 0.389. The number of imidazole rings is 1. The average molecular weight is 341 g/mol. The van der Waals surface area contributed by atoms with Gasteiger partial charge >= 0.3 is 0 Å². The molecule has 24 heavy (non-hydrogen) atoms. The van der Waals surface area contributed by atoms with Crippen LogP contribution in [0.4, 0.5) is 0 Å². The van der Waals surface area contributed by atoms with E-state index in [0.29, 0.717) is 16.5 Å². The normalized spacial score (nSPS) is 15.9. The predicted octanol–water partition coefficient (Wildman–Crippen LogP) is 3.77. The van der Waals surface area contributed by atoms with E-state index in [1.54, 1.807) is 6.07 Å². The van der Waals surface area contributed by atoms with Crippen molar-refractivity contribution in [3.63, 3.8) is 0 Å². The lowest BCUT2D eigenvalue weighted by Crippen LogP contribution is -2.37. The zero-order valence-electron chi connectivity index (χ0n) is 13.6. The van der Waals surface area contributed by atoms with Crippen molar-refractivity contribution in [2.75, 3.05) is 7.05 Å². The second-order valence-electron chi connectivity index (χ2n) is 6.43. The number of rotatable bonds is 3. The molecular formula is C18H19N3O2S. The van der Waals surface area contributed by atoms with Gasteiger partial charge in [-0.25, -0.2) is 4.98 Å². The number of hydrogen-bond acceptors (Lipinski definition) is 4. The summed E-state index contributed by atoms with van der Waals surface area (Å²) in [6.45, 7) is 0. The molecule has 0 aliphatic heterocycles. The van der Waals surface area contributed by atoms with E-state index in [9.17, 15) is 9.59 Å². The van der Waals surface area contributed by atoms with Crippen molar-refractivity contribution in [3.05, 3.63) is 34.8 Å². The lowest BCUT2D eigenvalue weighted by Gasteiger charge is -2.30. The van der Waals surface area contributed by atoms with Crippen molar-refractivity contribution < 1.29 is 9.59 Å². The highest BCUT2D eigenvalue weighted by Gasteiger charge is 2.25. The van der Waals surface area contributed by atoms with Crippen LogP contribution in [0.5, 0.6) is 0 Å². The summed E-state index contributed by atoms with van der Waals surface area (Å²) >= 11 is 1.41. The maximum Gasteiger partial charge on any atom is 0.265 e. The number of carbonyl (C=O) groups is 2. The maximum absolute atomic E-state index is 12.8. The van der Waals surface area contributed by atoms with E-state index in [1.165, 1.54) is 30.6 Å². The molecule has 0 radical (unpaired) electrons. The van der Waals surface area contributed by atoms with E-state index in [2.05, 4.69) is 4.98 Å². The van der Waals surface area contributed by atoms with Crippen LogP contribution in [0.25, 0.3) is 16.0 Å². The molecule has 0 atom stereocenters. The first-order valence-corrected chi connectivity index (χ1v) is 9.13. The SMILES string of the molecule is CN(C(=O)c1cn2c(nc3ccc(C=O)cc32)s1)C1CCCCC1. The molecule has 1 fully saturated rings. The minimum Gasteiger partial charge on any atom is -0.338 e. The Morgan fingerprint density at radius 1 is 1.33 bits per heavy atom. The lowest BCUT2D eigenvalue weighted by atomic mass is 9.94. The number of aldehydes is 1.